The van der Waals surface area contributed by atoms with Gasteiger partial charge in [-0.25, -0.2) is 13.9 Å². The van der Waals surface area contributed by atoms with Gasteiger partial charge < -0.3 is 0 Å². The molecule has 14 heavy (non-hydrogen) atoms. The monoisotopic (exact) mass is 216 g/mol. The highest BCUT2D eigenvalue weighted by Gasteiger charge is 2.16. The number of rotatable bonds is 2. The van der Waals surface area contributed by atoms with Gasteiger partial charge in [0.05, 0.1) is 9.75 Å². The van der Waals surface area contributed by atoms with Crippen molar-refractivity contribution in [3.05, 3.63) is 16.5 Å². The van der Waals surface area contributed by atoms with Crippen molar-refractivity contribution >= 4 is 11.3 Å². The Morgan fingerprint density at radius 2 is 2.29 bits per heavy atom. The second-order valence-electron chi connectivity index (χ2n) is 2.71. The summed E-state index contributed by atoms with van der Waals surface area (Å²) >= 11 is 1.00. The third-order valence-corrected chi connectivity index (χ3v) is 2.96. The van der Waals surface area contributed by atoms with Crippen LogP contribution in [0.3, 0.4) is 0 Å². The van der Waals surface area contributed by atoms with Crippen molar-refractivity contribution in [3.8, 4) is 10.7 Å². The lowest BCUT2D eigenvalue weighted by molar-refractivity contribution is 0.155. The number of nitrogens with one attached hydrogen (secondary N) is 1. The highest BCUT2D eigenvalue weighted by molar-refractivity contribution is 7.15. The van der Waals surface area contributed by atoms with Gasteiger partial charge in [0.25, 0.3) is 6.43 Å². The summed E-state index contributed by atoms with van der Waals surface area (Å²) in [6, 6.07) is 1.45. The lowest BCUT2D eigenvalue weighted by Crippen LogP contribution is -1.77. The number of aromatic nitrogens is 4. The molecule has 0 saturated heterocycles. The summed E-state index contributed by atoms with van der Waals surface area (Å²) in [7, 11) is 0. The standard InChI is InChI=1S/C7H6F2N4S/c1-3-2-4(6(8)9)14-5(3)7-10-12-13-11-7/h2,6H,1H3,(H,10,11,12,13). The number of alkyl halides is 2. The average Bonchev–Trinajstić information content (AvgIpc) is 2.71. The lowest BCUT2D eigenvalue weighted by atomic mass is 10.2. The number of tetrazole rings is 1. The van der Waals surface area contributed by atoms with Crippen molar-refractivity contribution in [2.24, 2.45) is 0 Å². The maximum atomic E-state index is 12.4. The molecule has 0 unspecified atom stereocenters. The van der Waals surface area contributed by atoms with Gasteiger partial charge in [-0.2, -0.15) is 0 Å². The predicted molar refractivity (Wildman–Crippen MR) is 47.2 cm³/mol. The summed E-state index contributed by atoms with van der Waals surface area (Å²) in [5.74, 6) is 0.430. The summed E-state index contributed by atoms with van der Waals surface area (Å²) in [6.07, 6.45) is -2.44. The first kappa shape index (κ1) is 9.20. The molecular formula is C7H6F2N4S. The van der Waals surface area contributed by atoms with E-state index in [-0.39, 0.29) is 4.88 Å². The summed E-state index contributed by atoms with van der Waals surface area (Å²) < 4.78 is 24.7. The summed E-state index contributed by atoms with van der Waals surface area (Å²) in [5.41, 5.74) is 0.754. The number of H-pyrrole nitrogens is 1. The van der Waals surface area contributed by atoms with Crippen LogP contribution in [0.2, 0.25) is 0 Å². The van der Waals surface area contributed by atoms with E-state index in [1.54, 1.807) is 6.92 Å². The Labute approximate surface area is 82.0 Å². The van der Waals surface area contributed by atoms with E-state index in [1.165, 1.54) is 6.07 Å². The predicted octanol–water partition coefficient (Wildman–Crippen LogP) is 2.17. The van der Waals surface area contributed by atoms with Crippen molar-refractivity contribution in [2.45, 2.75) is 13.3 Å². The van der Waals surface area contributed by atoms with Gasteiger partial charge >= 0.3 is 0 Å². The van der Waals surface area contributed by atoms with Crippen LogP contribution in [0, 0.1) is 6.92 Å². The molecule has 0 aliphatic heterocycles. The number of hydrogen-bond donors (Lipinski definition) is 1. The van der Waals surface area contributed by atoms with Gasteiger partial charge in [-0.15, -0.1) is 16.4 Å². The van der Waals surface area contributed by atoms with E-state index < -0.39 is 6.43 Å². The van der Waals surface area contributed by atoms with E-state index in [9.17, 15) is 8.78 Å². The Bertz CT molecular complexity index is 423. The first-order valence-corrected chi connectivity index (χ1v) is 4.62. The van der Waals surface area contributed by atoms with Gasteiger partial charge in [0.1, 0.15) is 0 Å². The van der Waals surface area contributed by atoms with E-state index in [0.29, 0.717) is 10.7 Å². The van der Waals surface area contributed by atoms with Crippen LogP contribution < -0.4 is 0 Å². The molecule has 1 N–H and O–H groups in total. The highest BCUT2D eigenvalue weighted by atomic mass is 32.1. The molecule has 2 aromatic rings. The smallest absolute Gasteiger partial charge is 0.238 e. The maximum Gasteiger partial charge on any atom is 0.272 e. The zero-order valence-corrected chi connectivity index (χ0v) is 7.98. The minimum absolute atomic E-state index is 0.0360. The molecule has 2 heterocycles. The van der Waals surface area contributed by atoms with Crippen molar-refractivity contribution in [1.29, 1.82) is 0 Å². The fraction of sp³-hybridized carbons (Fsp3) is 0.286. The number of nitrogens with zero attached hydrogens (tertiary/aromatic N) is 3. The molecule has 7 heteroatoms. The Balaban J connectivity index is 2.45. The molecular weight excluding hydrogens is 210 g/mol. The molecule has 0 aliphatic rings. The molecule has 0 aromatic carbocycles. The summed E-state index contributed by atoms with van der Waals surface area (Å²) in [5, 5.41) is 13.0. The third-order valence-electron chi connectivity index (χ3n) is 1.71. The Kier molecular flexibility index (Phi) is 2.24. The molecule has 0 amide bonds. The molecule has 0 aliphatic carbocycles. The molecule has 0 atom stereocenters. The second-order valence-corrected chi connectivity index (χ2v) is 3.80. The number of halogens is 2. The van der Waals surface area contributed by atoms with Crippen LogP contribution in [0.15, 0.2) is 6.07 Å². The van der Waals surface area contributed by atoms with Crippen LogP contribution in [-0.2, 0) is 0 Å². The molecule has 2 rings (SSSR count). The highest BCUT2D eigenvalue weighted by Crippen LogP contribution is 2.34. The normalized spacial score (nSPS) is 11.1. The zero-order chi connectivity index (χ0) is 10.1. The molecule has 4 nitrogen and oxygen atoms in total. The van der Waals surface area contributed by atoms with Crippen LogP contribution in [0.1, 0.15) is 16.9 Å². The Hall–Kier alpha value is -1.37. The fourth-order valence-electron chi connectivity index (χ4n) is 1.10. The number of aryl methyl sites for hydroxylation is 1. The van der Waals surface area contributed by atoms with Crippen LogP contribution in [0.4, 0.5) is 8.78 Å². The molecule has 74 valence electrons. The van der Waals surface area contributed by atoms with Gasteiger partial charge in [-0.3, -0.25) is 0 Å². The van der Waals surface area contributed by atoms with E-state index in [1.807, 2.05) is 0 Å². The number of hydrogen-bond acceptors (Lipinski definition) is 4. The van der Waals surface area contributed by atoms with E-state index in [4.69, 9.17) is 0 Å². The van der Waals surface area contributed by atoms with Gasteiger partial charge in [0.15, 0.2) is 5.82 Å². The SMILES string of the molecule is Cc1cc(C(F)F)sc1-c1nnn[nH]1. The average molecular weight is 216 g/mol. The van der Waals surface area contributed by atoms with Crippen molar-refractivity contribution in [1.82, 2.24) is 20.6 Å². The van der Waals surface area contributed by atoms with Gasteiger partial charge in [0.2, 0.25) is 0 Å². The minimum atomic E-state index is -2.44. The first-order valence-electron chi connectivity index (χ1n) is 3.81. The number of thiophene rings is 1. The van der Waals surface area contributed by atoms with Gasteiger partial charge in [0, 0.05) is 0 Å². The molecule has 0 fully saturated rings. The molecule has 0 spiro atoms. The lowest BCUT2D eigenvalue weighted by Gasteiger charge is -1.90. The van der Waals surface area contributed by atoms with Gasteiger partial charge in [-0.1, -0.05) is 0 Å². The van der Waals surface area contributed by atoms with Crippen molar-refractivity contribution in [2.75, 3.05) is 0 Å². The Morgan fingerprint density at radius 1 is 1.50 bits per heavy atom. The van der Waals surface area contributed by atoms with E-state index in [2.05, 4.69) is 20.6 Å². The van der Waals surface area contributed by atoms with Crippen LogP contribution in [0.25, 0.3) is 10.7 Å². The third kappa shape index (κ3) is 1.50. The number of aromatic amines is 1. The maximum absolute atomic E-state index is 12.4. The zero-order valence-electron chi connectivity index (χ0n) is 7.16. The summed E-state index contributed by atoms with van der Waals surface area (Å²) in [6.45, 7) is 1.75. The molecule has 2 aromatic heterocycles. The van der Waals surface area contributed by atoms with Crippen molar-refractivity contribution < 1.29 is 8.78 Å². The summed E-state index contributed by atoms with van der Waals surface area (Å²) in [4.78, 5) is 0.694. The minimum Gasteiger partial charge on any atom is -0.238 e. The quantitative estimate of drug-likeness (QED) is 0.837. The fourth-order valence-corrected chi connectivity index (χ4v) is 2.07. The van der Waals surface area contributed by atoms with E-state index in [0.717, 1.165) is 16.9 Å². The molecule has 0 radical (unpaired) electrons. The van der Waals surface area contributed by atoms with E-state index >= 15 is 0 Å². The van der Waals surface area contributed by atoms with Crippen LogP contribution in [0.5, 0.6) is 0 Å². The van der Waals surface area contributed by atoms with Crippen molar-refractivity contribution in [3.63, 3.8) is 0 Å². The second kappa shape index (κ2) is 3.41. The topological polar surface area (TPSA) is 54.5 Å². The first-order chi connectivity index (χ1) is 6.68. The Morgan fingerprint density at radius 3 is 2.79 bits per heavy atom. The van der Waals surface area contributed by atoms with Gasteiger partial charge in [-0.05, 0) is 29.0 Å². The largest absolute Gasteiger partial charge is 0.272 e. The van der Waals surface area contributed by atoms with Crippen LogP contribution in [-0.4, -0.2) is 20.6 Å². The molecule has 0 saturated carbocycles. The molecule has 0 bridgehead atoms. The van der Waals surface area contributed by atoms with Crippen LogP contribution >= 0.6 is 11.3 Å².